The van der Waals surface area contributed by atoms with Gasteiger partial charge in [-0.05, 0) is 13.0 Å². The smallest absolute Gasteiger partial charge is 0.248 e. The van der Waals surface area contributed by atoms with Gasteiger partial charge in [-0.25, -0.2) is 0 Å². The average Bonchev–Trinajstić information content (AvgIpc) is 1.85. The maximum atomic E-state index is 10.7. The van der Waals surface area contributed by atoms with Crippen molar-refractivity contribution < 1.29 is 4.79 Å². The lowest BCUT2D eigenvalue weighted by Crippen LogP contribution is -2.21. The first-order chi connectivity index (χ1) is 5.11. The Kier molecular flexibility index (Phi) is 2.10. The Balaban J connectivity index is 3.20. The van der Waals surface area contributed by atoms with Crippen molar-refractivity contribution in [2.45, 2.75) is 6.92 Å². The van der Waals surface area contributed by atoms with Crippen molar-refractivity contribution in [3.05, 3.63) is 29.3 Å². The third-order valence-corrected chi connectivity index (χ3v) is 1.85. The highest BCUT2D eigenvalue weighted by Crippen LogP contribution is 1.97. The van der Waals surface area contributed by atoms with Gasteiger partial charge in [0.2, 0.25) is 5.91 Å². The normalized spacial score (nSPS) is 9.64. The highest BCUT2D eigenvalue weighted by molar-refractivity contribution is 6.36. The number of carbonyl (C=O) groups is 1. The van der Waals surface area contributed by atoms with E-state index in [0.29, 0.717) is 5.56 Å². The molecular formula is C8H8NOSi. The summed E-state index contributed by atoms with van der Waals surface area (Å²) in [5.74, 6) is -0.407. The Bertz CT molecular complexity index is 296. The summed E-state index contributed by atoms with van der Waals surface area (Å²) in [6, 6.07) is 5.42. The van der Waals surface area contributed by atoms with Crippen molar-refractivity contribution in [3.8, 4) is 0 Å². The second kappa shape index (κ2) is 2.88. The topological polar surface area (TPSA) is 43.1 Å². The van der Waals surface area contributed by atoms with E-state index in [1.165, 1.54) is 0 Å². The molecule has 0 aliphatic rings. The lowest BCUT2D eigenvalue weighted by molar-refractivity contribution is 0.100. The lowest BCUT2D eigenvalue weighted by Gasteiger charge is -2.00. The quantitative estimate of drug-likeness (QED) is 0.575. The minimum absolute atomic E-state index is 0.407. The van der Waals surface area contributed by atoms with Crippen LogP contribution in [0.25, 0.3) is 0 Å². The van der Waals surface area contributed by atoms with Crippen LogP contribution in [-0.4, -0.2) is 16.1 Å². The summed E-state index contributed by atoms with van der Waals surface area (Å²) >= 11 is 0. The Labute approximate surface area is 68.8 Å². The van der Waals surface area contributed by atoms with Crippen molar-refractivity contribution in [2.75, 3.05) is 0 Å². The monoisotopic (exact) mass is 162 g/mol. The van der Waals surface area contributed by atoms with Crippen molar-refractivity contribution in [2.24, 2.45) is 5.73 Å². The molecule has 0 spiro atoms. The second-order valence-electron chi connectivity index (χ2n) is 2.41. The minimum Gasteiger partial charge on any atom is -0.366 e. The molecule has 55 valence electrons. The maximum Gasteiger partial charge on any atom is 0.248 e. The fourth-order valence-electron chi connectivity index (χ4n) is 0.873. The van der Waals surface area contributed by atoms with Crippen molar-refractivity contribution in [1.82, 2.24) is 0 Å². The van der Waals surface area contributed by atoms with E-state index in [1.54, 1.807) is 6.07 Å². The maximum absolute atomic E-state index is 10.7. The average molecular weight is 162 g/mol. The molecule has 0 aliphatic carbocycles. The number of primary amides is 1. The van der Waals surface area contributed by atoms with Crippen LogP contribution in [0.15, 0.2) is 18.2 Å². The highest BCUT2D eigenvalue weighted by atomic mass is 28.1. The SMILES string of the molecule is Cc1ccc(C(N)=O)c([Si])c1. The zero-order valence-corrected chi connectivity index (χ0v) is 7.22. The molecule has 0 aliphatic heterocycles. The van der Waals surface area contributed by atoms with Gasteiger partial charge in [0.15, 0.2) is 0 Å². The number of hydrogen-bond acceptors (Lipinski definition) is 1. The largest absolute Gasteiger partial charge is 0.366 e. The van der Waals surface area contributed by atoms with Crippen LogP contribution in [0.5, 0.6) is 0 Å². The summed E-state index contributed by atoms with van der Waals surface area (Å²) in [6.45, 7) is 1.95. The zero-order chi connectivity index (χ0) is 8.43. The van der Waals surface area contributed by atoms with Gasteiger partial charge in [-0.15, -0.1) is 0 Å². The van der Waals surface area contributed by atoms with Gasteiger partial charge in [0.25, 0.3) is 0 Å². The van der Waals surface area contributed by atoms with Crippen LogP contribution < -0.4 is 10.9 Å². The number of benzene rings is 1. The minimum atomic E-state index is -0.407. The Morgan fingerprint density at radius 1 is 1.55 bits per heavy atom. The van der Waals surface area contributed by atoms with E-state index in [4.69, 9.17) is 5.73 Å². The number of nitrogens with two attached hydrogens (primary N) is 1. The van der Waals surface area contributed by atoms with E-state index in [0.717, 1.165) is 10.8 Å². The highest BCUT2D eigenvalue weighted by Gasteiger charge is 2.02. The Hall–Kier alpha value is -1.09. The molecule has 2 nitrogen and oxygen atoms in total. The predicted molar refractivity (Wildman–Crippen MR) is 45.1 cm³/mol. The van der Waals surface area contributed by atoms with Gasteiger partial charge in [0.05, 0.1) is 10.2 Å². The molecule has 2 N–H and O–H groups in total. The van der Waals surface area contributed by atoms with Crippen molar-refractivity contribution >= 4 is 21.3 Å². The third kappa shape index (κ3) is 1.68. The zero-order valence-electron chi connectivity index (χ0n) is 6.22. The summed E-state index contributed by atoms with van der Waals surface area (Å²) in [6.07, 6.45) is 0. The van der Waals surface area contributed by atoms with Crippen molar-refractivity contribution in [1.29, 1.82) is 0 Å². The van der Waals surface area contributed by atoms with Crippen LogP contribution in [0.4, 0.5) is 0 Å². The predicted octanol–water partition coefficient (Wildman–Crippen LogP) is -0.112. The molecule has 11 heavy (non-hydrogen) atoms. The van der Waals surface area contributed by atoms with Gasteiger partial charge in [-0.1, -0.05) is 22.9 Å². The molecule has 3 heteroatoms. The van der Waals surface area contributed by atoms with Gasteiger partial charge < -0.3 is 5.73 Å². The Morgan fingerprint density at radius 3 is 2.64 bits per heavy atom. The van der Waals surface area contributed by atoms with E-state index in [-0.39, 0.29) is 0 Å². The molecule has 0 heterocycles. The van der Waals surface area contributed by atoms with Gasteiger partial charge in [0, 0.05) is 5.56 Å². The van der Waals surface area contributed by atoms with E-state index in [9.17, 15) is 4.79 Å². The number of hydrogen-bond donors (Lipinski definition) is 1. The van der Waals surface area contributed by atoms with Crippen molar-refractivity contribution in [3.63, 3.8) is 0 Å². The first-order valence-corrected chi connectivity index (χ1v) is 3.73. The third-order valence-electron chi connectivity index (χ3n) is 1.44. The number of rotatable bonds is 1. The van der Waals surface area contributed by atoms with Gasteiger partial charge in [-0.2, -0.15) is 0 Å². The van der Waals surface area contributed by atoms with Crippen LogP contribution >= 0.6 is 0 Å². The standard InChI is InChI=1S/C8H8NOSi/c1-5-2-3-6(8(9)10)7(11)4-5/h2-4H,1H3,(H2,9,10). The molecule has 0 unspecified atom stereocenters. The summed E-state index contributed by atoms with van der Waals surface area (Å²) in [4.78, 5) is 10.7. The fourth-order valence-corrected chi connectivity index (χ4v) is 1.31. The van der Waals surface area contributed by atoms with E-state index >= 15 is 0 Å². The molecule has 1 aromatic rings. The number of amides is 1. The van der Waals surface area contributed by atoms with E-state index < -0.39 is 5.91 Å². The molecule has 0 saturated carbocycles. The summed E-state index contributed by atoms with van der Waals surface area (Å²) < 4.78 is 0. The van der Waals surface area contributed by atoms with Gasteiger partial charge in [-0.3, -0.25) is 4.79 Å². The van der Waals surface area contributed by atoms with E-state index in [1.807, 2.05) is 19.1 Å². The Morgan fingerprint density at radius 2 is 2.18 bits per heavy atom. The first kappa shape index (κ1) is 8.01. The molecule has 0 bridgehead atoms. The molecule has 1 rings (SSSR count). The molecule has 0 saturated heterocycles. The van der Waals surface area contributed by atoms with Crippen LogP contribution in [-0.2, 0) is 0 Å². The first-order valence-electron chi connectivity index (χ1n) is 3.23. The van der Waals surface area contributed by atoms with E-state index in [2.05, 4.69) is 10.2 Å². The number of carbonyl (C=O) groups excluding carboxylic acids is 1. The summed E-state index contributed by atoms with van der Waals surface area (Å²) in [5, 5.41) is 0.748. The van der Waals surface area contributed by atoms with Gasteiger partial charge >= 0.3 is 0 Å². The number of aryl methyl sites for hydroxylation is 1. The molecule has 0 atom stereocenters. The molecular weight excluding hydrogens is 154 g/mol. The lowest BCUT2D eigenvalue weighted by atomic mass is 10.1. The van der Waals surface area contributed by atoms with Crippen LogP contribution in [0, 0.1) is 6.92 Å². The molecule has 0 fully saturated rings. The summed E-state index contributed by atoms with van der Waals surface area (Å²) in [5.41, 5.74) is 6.71. The summed E-state index contributed by atoms with van der Waals surface area (Å²) in [7, 11) is 3.30. The fraction of sp³-hybridized carbons (Fsp3) is 0.125. The molecule has 3 radical (unpaired) electrons. The van der Waals surface area contributed by atoms with Crippen LogP contribution in [0.2, 0.25) is 0 Å². The molecule has 1 amide bonds. The molecule has 1 aromatic carbocycles. The second-order valence-corrected chi connectivity index (χ2v) is 2.95. The van der Waals surface area contributed by atoms with Crippen LogP contribution in [0.1, 0.15) is 15.9 Å². The van der Waals surface area contributed by atoms with Gasteiger partial charge in [0.1, 0.15) is 0 Å². The van der Waals surface area contributed by atoms with Crippen LogP contribution in [0.3, 0.4) is 0 Å². The molecule has 0 aromatic heterocycles.